The van der Waals surface area contributed by atoms with Crippen LogP contribution in [0.25, 0.3) is 11.4 Å². The first-order valence-corrected chi connectivity index (χ1v) is 11.0. The van der Waals surface area contributed by atoms with E-state index < -0.39 is 22.1 Å². The van der Waals surface area contributed by atoms with Crippen molar-refractivity contribution >= 4 is 16.0 Å². The highest BCUT2D eigenvalue weighted by Crippen LogP contribution is 2.20. The van der Waals surface area contributed by atoms with Gasteiger partial charge in [0.1, 0.15) is 5.75 Å². The van der Waals surface area contributed by atoms with Gasteiger partial charge in [-0.15, -0.1) is 0 Å². The molecule has 0 amide bonds. The van der Waals surface area contributed by atoms with Crippen molar-refractivity contribution in [3.63, 3.8) is 0 Å². The van der Waals surface area contributed by atoms with Crippen molar-refractivity contribution in [1.29, 1.82) is 0 Å². The van der Waals surface area contributed by atoms with E-state index in [9.17, 15) is 13.2 Å². The molecule has 0 aliphatic heterocycles. The second kappa shape index (κ2) is 10.1. The maximum atomic E-state index is 12.3. The Hall–Kier alpha value is -3.31. The maximum Gasteiger partial charge on any atom is 0.307 e. The number of esters is 1. The van der Waals surface area contributed by atoms with Crippen LogP contribution in [0.5, 0.6) is 5.75 Å². The third-order valence-corrected chi connectivity index (χ3v) is 5.56. The Morgan fingerprint density at radius 3 is 2.68 bits per heavy atom. The Morgan fingerprint density at radius 2 is 2.00 bits per heavy atom. The number of aromatic nitrogens is 3. The largest absolute Gasteiger partial charge is 0.494 e. The Labute approximate surface area is 179 Å². The summed E-state index contributed by atoms with van der Waals surface area (Å²) in [6, 6.07) is 9.51. The summed E-state index contributed by atoms with van der Waals surface area (Å²) in [5, 5.41) is 3.84. The van der Waals surface area contributed by atoms with Crippen LogP contribution in [0.15, 0.2) is 58.2 Å². The average molecular weight is 446 g/mol. The van der Waals surface area contributed by atoms with E-state index in [0.717, 1.165) is 0 Å². The number of hydrogen-bond acceptors (Lipinski definition) is 9. The van der Waals surface area contributed by atoms with Crippen LogP contribution in [0.3, 0.4) is 0 Å². The molecule has 2 aromatic heterocycles. The Morgan fingerprint density at radius 1 is 1.23 bits per heavy atom. The van der Waals surface area contributed by atoms with E-state index in [1.807, 2.05) is 6.92 Å². The molecule has 1 aromatic carbocycles. The molecule has 0 aliphatic carbocycles. The fourth-order valence-corrected chi connectivity index (χ4v) is 3.60. The van der Waals surface area contributed by atoms with Crippen molar-refractivity contribution in [2.24, 2.45) is 0 Å². The van der Waals surface area contributed by atoms with Gasteiger partial charge in [0.2, 0.25) is 15.8 Å². The molecule has 0 aliphatic rings. The fraction of sp³-hybridized carbons (Fsp3) is 0.300. The molecule has 0 saturated carbocycles. The molecular formula is C20H22N4O6S. The second-order valence-corrected chi connectivity index (χ2v) is 8.15. The van der Waals surface area contributed by atoms with Gasteiger partial charge in [-0.05, 0) is 50.2 Å². The van der Waals surface area contributed by atoms with E-state index in [1.54, 1.807) is 43.6 Å². The van der Waals surface area contributed by atoms with Crippen molar-refractivity contribution in [1.82, 2.24) is 19.8 Å². The molecule has 1 atom stereocenters. The molecule has 0 spiro atoms. The predicted molar refractivity (Wildman–Crippen MR) is 109 cm³/mol. The van der Waals surface area contributed by atoms with Crippen molar-refractivity contribution in [3.05, 3.63) is 54.7 Å². The molecule has 11 heteroatoms. The summed E-state index contributed by atoms with van der Waals surface area (Å²) in [5.74, 6) is 0.422. The van der Waals surface area contributed by atoms with E-state index in [-0.39, 0.29) is 23.8 Å². The summed E-state index contributed by atoms with van der Waals surface area (Å²) in [5.41, 5.74) is 0.666. The number of carbonyl (C=O) groups is 1. The fourth-order valence-electron chi connectivity index (χ4n) is 2.57. The lowest BCUT2D eigenvalue weighted by Gasteiger charge is -2.10. The number of ether oxygens (including phenoxy) is 2. The molecule has 1 N–H and O–H groups in total. The number of nitrogens with zero attached hydrogens (tertiary/aromatic N) is 3. The maximum absolute atomic E-state index is 12.3. The lowest BCUT2D eigenvalue weighted by atomic mass is 10.3. The zero-order valence-corrected chi connectivity index (χ0v) is 17.8. The van der Waals surface area contributed by atoms with Gasteiger partial charge in [0.05, 0.1) is 17.9 Å². The van der Waals surface area contributed by atoms with Crippen LogP contribution in [0.4, 0.5) is 0 Å². The smallest absolute Gasteiger partial charge is 0.307 e. The highest BCUT2D eigenvalue weighted by Gasteiger charge is 2.20. The normalized spacial score (nSPS) is 12.3. The molecule has 0 saturated heterocycles. The molecule has 3 rings (SSSR count). The van der Waals surface area contributed by atoms with Crippen LogP contribution in [0.2, 0.25) is 0 Å². The van der Waals surface area contributed by atoms with Crippen molar-refractivity contribution < 1.29 is 27.2 Å². The van der Waals surface area contributed by atoms with Gasteiger partial charge < -0.3 is 14.0 Å². The van der Waals surface area contributed by atoms with Crippen LogP contribution in [-0.4, -0.2) is 42.7 Å². The molecule has 164 valence electrons. The molecule has 0 fully saturated rings. The minimum atomic E-state index is -3.76. The number of rotatable bonds is 10. The summed E-state index contributed by atoms with van der Waals surface area (Å²) in [6.07, 6.45) is 2.26. The van der Waals surface area contributed by atoms with E-state index in [1.165, 1.54) is 12.1 Å². The number of pyridine rings is 1. The molecule has 31 heavy (non-hydrogen) atoms. The van der Waals surface area contributed by atoms with E-state index >= 15 is 0 Å². The Kier molecular flexibility index (Phi) is 7.32. The molecule has 0 radical (unpaired) electrons. The summed E-state index contributed by atoms with van der Waals surface area (Å²) in [7, 11) is -3.76. The van der Waals surface area contributed by atoms with Gasteiger partial charge in [0.15, 0.2) is 6.10 Å². The zero-order chi connectivity index (χ0) is 22.3. The Bertz CT molecular complexity index is 1100. The molecular weight excluding hydrogens is 424 g/mol. The van der Waals surface area contributed by atoms with Crippen LogP contribution in [-0.2, 0) is 19.6 Å². The van der Waals surface area contributed by atoms with Crippen LogP contribution < -0.4 is 9.46 Å². The topological polar surface area (TPSA) is 134 Å². The molecule has 2 heterocycles. The van der Waals surface area contributed by atoms with Crippen molar-refractivity contribution in [2.75, 3.05) is 13.2 Å². The van der Waals surface area contributed by atoms with Gasteiger partial charge in [-0.1, -0.05) is 5.16 Å². The molecule has 3 aromatic rings. The first-order chi connectivity index (χ1) is 14.9. The van der Waals surface area contributed by atoms with Gasteiger partial charge in [0.25, 0.3) is 5.89 Å². The lowest BCUT2D eigenvalue weighted by Crippen LogP contribution is -2.27. The first-order valence-electron chi connectivity index (χ1n) is 9.55. The van der Waals surface area contributed by atoms with Gasteiger partial charge >= 0.3 is 5.97 Å². The first kappa shape index (κ1) is 22.4. The second-order valence-electron chi connectivity index (χ2n) is 6.38. The number of benzene rings is 1. The van der Waals surface area contributed by atoms with Gasteiger partial charge in [-0.25, -0.2) is 13.1 Å². The number of carbonyl (C=O) groups excluding carboxylic acids is 1. The van der Waals surface area contributed by atoms with Crippen LogP contribution >= 0.6 is 0 Å². The lowest BCUT2D eigenvalue weighted by molar-refractivity contribution is -0.149. The number of sulfonamides is 1. The van der Waals surface area contributed by atoms with E-state index in [4.69, 9.17) is 14.0 Å². The standard InChI is InChI=1S/C20H22N4O6S/c1-3-28-16-6-8-17(9-7-16)31(26,27)22-12-10-18(25)29-14(2)20-23-19(24-30-20)15-5-4-11-21-13-15/h4-9,11,13-14,22H,3,10,12H2,1-2H3. The molecule has 0 bridgehead atoms. The molecule has 1 unspecified atom stereocenters. The summed E-state index contributed by atoms with van der Waals surface area (Å²) in [4.78, 5) is 20.3. The van der Waals surface area contributed by atoms with Gasteiger partial charge in [-0.2, -0.15) is 4.98 Å². The minimum Gasteiger partial charge on any atom is -0.494 e. The van der Waals surface area contributed by atoms with E-state index in [0.29, 0.717) is 23.7 Å². The number of hydrogen-bond donors (Lipinski definition) is 1. The Balaban J connectivity index is 1.49. The highest BCUT2D eigenvalue weighted by atomic mass is 32.2. The summed E-state index contributed by atoms with van der Waals surface area (Å²) in [6.45, 7) is 3.79. The quantitative estimate of drug-likeness (QED) is 0.466. The predicted octanol–water partition coefficient (Wildman–Crippen LogP) is 2.50. The van der Waals surface area contributed by atoms with Crippen LogP contribution in [0.1, 0.15) is 32.3 Å². The third-order valence-electron chi connectivity index (χ3n) is 4.08. The summed E-state index contributed by atoms with van der Waals surface area (Å²) >= 11 is 0. The minimum absolute atomic E-state index is 0.0754. The highest BCUT2D eigenvalue weighted by molar-refractivity contribution is 7.89. The monoisotopic (exact) mass is 446 g/mol. The zero-order valence-electron chi connectivity index (χ0n) is 17.0. The van der Waals surface area contributed by atoms with Crippen LogP contribution in [0, 0.1) is 0 Å². The molecule has 10 nitrogen and oxygen atoms in total. The van der Waals surface area contributed by atoms with Crippen molar-refractivity contribution in [3.8, 4) is 17.1 Å². The third kappa shape index (κ3) is 6.09. The van der Waals surface area contributed by atoms with Gasteiger partial charge in [0, 0.05) is 24.5 Å². The summed E-state index contributed by atoms with van der Waals surface area (Å²) < 4.78 is 42.7. The average Bonchev–Trinajstić information content (AvgIpc) is 3.25. The van der Waals surface area contributed by atoms with Gasteiger partial charge in [-0.3, -0.25) is 9.78 Å². The van der Waals surface area contributed by atoms with Crippen molar-refractivity contribution in [2.45, 2.75) is 31.3 Å². The number of nitrogens with one attached hydrogen (secondary N) is 1. The van der Waals surface area contributed by atoms with E-state index in [2.05, 4.69) is 19.8 Å². The SMILES string of the molecule is CCOc1ccc(S(=O)(=O)NCCC(=O)OC(C)c2nc(-c3cccnc3)no2)cc1.